The second kappa shape index (κ2) is 6.65. The van der Waals surface area contributed by atoms with E-state index in [1.807, 2.05) is 0 Å². The summed E-state index contributed by atoms with van der Waals surface area (Å²) in [6.45, 7) is 0. The minimum atomic E-state index is 0.241. The van der Waals surface area contributed by atoms with Gasteiger partial charge in [-0.15, -0.1) is 0 Å². The van der Waals surface area contributed by atoms with Crippen molar-refractivity contribution in [1.82, 2.24) is 0 Å². The molecule has 0 atom stereocenters. The lowest BCUT2D eigenvalue weighted by atomic mass is 10.1. The Kier molecular flexibility index (Phi) is 5.48. The van der Waals surface area contributed by atoms with Crippen LogP contribution < -0.4 is 9.47 Å². The molecule has 0 radical (unpaired) electrons. The SMILES string of the molecule is O=Cc1cc(OCBr)c(C=O)cc1OCBr. The highest BCUT2D eigenvalue weighted by atomic mass is 79.9. The van der Waals surface area contributed by atoms with E-state index in [4.69, 9.17) is 9.47 Å². The summed E-state index contributed by atoms with van der Waals surface area (Å²) in [7, 11) is 0. The molecule has 6 heteroatoms. The number of rotatable bonds is 6. The summed E-state index contributed by atoms with van der Waals surface area (Å²) in [5, 5.41) is 0. The van der Waals surface area contributed by atoms with Crippen LogP contribution in [0.1, 0.15) is 20.7 Å². The fourth-order valence-electron chi connectivity index (χ4n) is 1.14. The predicted molar refractivity (Wildman–Crippen MR) is 66.1 cm³/mol. The molecule has 16 heavy (non-hydrogen) atoms. The van der Waals surface area contributed by atoms with Crippen LogP contribution in [0.25, 0.3) is 0 Å². The van der Waals surface area contributed by atoms with Gasteiger partial charge in [0.15, 0.2) is 12.6 Å². The van der Waals surface area contributed by atoms with Crippen molar-refractivity contribution in [1.29, 1.82) is 0 Å². The quantitative estimate of drug-likeness (QED) is 0.584. The van der Waals surface area contributed by atoms with Gasteiger partial charge in [-0.1, -0.05) is 0 Å². The predicted octanol–water partition coefficient (Wildman–Crippen LogP) is 2.77. The van der Waals surface area contributed by atoms with Crippen LogP contribution in [0.15, 0.2) is 12.1 Å². The standard InChI is InChI=1S/C10H8Br2O4/c11-5-15-9-1-7(3-13)10(16-6-12)2-8(9)4-14/h1-4H,5-6H2. The molecule has 0 aliphatic rings. The molecule has 0 saturated carbocycles. The topological polar surface area (TPSA) is 52.6 Å². The smallest absolute Gasteiger partial charge is 0.153 e. The number of hydrogen-bond acceptors (Lipinski definition) is 4. The zero-order valence-corrected chi connectivity index (χ0v) is 11.3. The van der Waals surface area contributed by atoms with Gasteiger partial charge >= 0.3 is 0 Å². The van der Waals surface area contributed by atoms with E-state index in [2.05, 4.69) is 31.9 Å². The normalized spacial score (nSPS) is 9.62. The first-order chi connectivity index (χ1) is 7.76. The van der Waals surface area contributed by atoms with Crippen LogP contribution >= 0.6 is 31.9 Å². The molecule has 0 bridgehead atoms. The molecule has 0 N–H and O–H groups in total. The number of carbonyl (C=O) groups is 2. The average Bonchev–Trinajstić information content (AvgIpc) is 2.31. The molecule has 4 nitrogen and oxygen atoms in total. The lowest BCUT2D eigenvalue weighted by Crippen LogP contribution is -2.00. The molecule has 1 rings (SSSR count). The highest BCUT2D eigenvalue weighted by Crippen LogP contribution is 2.27. The number of hydrogen-bond donors (Lipinski definition) is 0. The van der Waals surface area contributed by atoms with Crippen LogP contribution in [0.2, 0.25) is 0 Å². The van der Waals surface area contributed by atoms with Gasteiger partial charge in [0.1, 0.15) is 22.5 Å². The van der Waals surface area contributed by atoms with E-state index < -0.39 is 0 Å². The summed E-state index contributed by atoms with van der Waals surface area (Å²) >= 11 is 6.16. The van der Waals surface area contributed by atoms with Crippen LogP contribution in [0.5, 0.6) is 11.5 Å². The molecule has 0 heterocycles. The molecule has 0 aromatic heterocycles. The monoisotopic (exact) mass is 350 g/mol. The van der Waals surface area contributed by atoms with Crippen molar-refractivity contribution >= 4 is 44.4 Å². The van der Waals surface area contributed by atoms with Crippen LogP contribution in [0.4, 0.5) is 0 Å². The van der Waals surface area contributed by atoms with Crippen molar-refractivity contribution in [2.45, 2.75) is 0 Å². The Morgan fingerprint density at radius 1 is 0.938 bits per heavy atom. The fourth-order valence-corrected chi connectivity index (χ4v) is 1.64. The summed E-state index contributed by atoms with van der Waals surface area (Å²) in [5.74, 6) is 0.687. The van der Waals surface area contributed by atoms with Gasteiger partial charge in [0.05, 0.1) is 11.1 Å². The van der Waals surface area contributed by atoms with Crippen molar-refractivity contribution < 1.29 is 19.1 Å². The molecular formula is C10H8Br2O4. The molecule has 0 fully saturated rings. The summed E-state index contributed by atoms with van der Waals surface area (Å²) < 4.78 is 10.3. The molecule has 0 spiro atoms. The van der Waals surface area contributed by atoms with Crippen LogP contribution in [-0.2, 0) is 0 Å². The van der Waals surface area contributed by atoms with Gasteiger partial charge in [-0.25, -0.2) is 0 Å². The Hall–Kier alpha value is -0.880. The summed E-state index contributed by atoms with van der Waals surface area (Å²) in [4.78, 5) is 21.6. The minimum Gasteiger partial charge on any atom is -0.482 e. The largest absolute Gasteiger partial charge is 0.482 e. The molecule has 1 aromatic carbocycles. The summed E-state index contributed by atoms with van der Waals surface area (Å²) in [5.41, 5.74) is 1.15. The number of aldehydes is 2. The average molecular weight is 352 g/mol. The van der Waals surface area contributed by atoms with E-state index in [0.29, 0.717) is 35.2 Å². The first-order valence-electron chi connectivity index (χ1n) is 4.22. The van der Waals surface area contributed by atoms with Crippen molar-refractivity contribution in [3.05, 3.63) is 23.3 Å². The third kappa shape index (κ3) is 3.05. The van der Waals surface area contributed by atoms with Crippen LogP contribution in [0.3, 0.4) is 0 Å². The van der Waals surface area contributed by atoms with Gasteiger partial charge in [0.25, 0.3) is 0 Å². The highest BCUT2D eigenvalue weighted by Gasteiger charge is 2.11. The Bertz CT molecular complexity index is 355. The molecule has 0 aliphatic heterocycles. The fraction of sp³-hybridized carbons (Fsp3) is 0.200. The second-order valence-electron chi connectivity index (χ2n) is 2.67. The Balaban J connectivity index is 3.21. The van der Waals surface area contributed by atoms with Gasteiger partial charge in [0, 0.05) is 0 Å². The highest BCUT2D eigenvalue weighted by molar-refractivity contribution is 9.09. The third-order valence-corrected chi connectivity index (χ3v) is 2.27. The molecule has 0 unspecified atom stereocenters. The Morgan fingerprint density at radius 2 is 1.31 bits per heavy atom. The van der Waals surface area contributed by atoms with Gasteiger partial charge in [-0.3, -0.25) is 9.59 Å². The van der Waals surface area contributed by atoms with E-state index in [0.717, 1.165) is 0 Å². The first kappa shape index (κ1) is 13.2. The van der Waals surface area contributed by atoms with E-state index in [1.165, 1.54) is 12.1 Å². The van der Waals surface area contributed by atoms with Crippen molar-refractivity contribution in [2.24, 2.45) is 0 Å². The van der Waals surface area contributed by atoms with Gasteiger partial charge in [0.2, 0.25) is 0 Å². The third-order valence-electron chi connectivity index (χ3n) is 1.82. The zero-order chi connectivity index (χ0) is 12.0. The van der Waals surface area contributed by atoms with Crippen molar-refractivity contribution in [3.63, 3.8) is 0 Å². The number of carbonyl (C=O) groups excluding carboxylic acids is 2. The second-order valence-corrected chi connectivity index (χ2v) is 3.59. The molecule has 0 saturated heterocycles. The number of alkyl halides is 2. The maximum absolute atomic E-state index is 10.8. The van der Waals surface area contributed by atoms with Gasteiger partial charge in [-0.05, 0) is 44.0 Å². The van der Waals surface area contributed by atoms with Crippen LogP contribution in [0, 0.1) is 0 Å². The van der Waals surface area contributed by atoms with Crippen LogP contribution in [-0.4, -0.2) is 23.6 Å². The van der Waals surface area contributed by atoms with Crippen molar-refractivity contribution in [3.8, 4) is 11.5 Å². The lowest BCUT2D eigenvalue weighted by Gasteiger charge is -2.10. The molecule has 1 aromatic rings. The molecule has 0 amide bonds. The number of ether oxygens (including phenoxy) is 2. The molecule has 86 valence electrons. The van der Waals surface area contributed by atoms with E-state index in [-0.39, 0.29) is 11.0 Å². The van der Waals surface area contributed by atoms with Gasteiger partial charge in [-0.2, -0.15) is 0 Å². The van der Waals surface area contributed by atoms with E-state index >= 15 is 0 Å². The van der Waals surface area contributed by atoms with E-state index in [1.54, 1.807) is 0 Å². The van der Waals surface area contributed by atoms with Crippen molar-refractivity contribution in [2.75, 3.05) is 11.0 Å². The molecular weight excluding hydrogens is 344 g/mol. The maximum Gasteiger partial charge on any atom is 0.153 e. The Labute approximate surface area is 109 Å². The summed E-state index contributed by atoms with van der Waals surface area (Å²) in [6.07, 6.45) is 1.29. The maximum atomic E-state index is 10.8. The summed E-state index contributed by atoms with van der Waals surface area (Å²) in [6, 6.07) is 2.94. The first-order valence-corrected chi connectivity index (χ1v) is 6.47. The lowest BCUT2D eigenvalue weighted by molar-refractivity contribution is 0.110. The number of halogens is 2. The number of benzene rings is 1. The Morgan fingerprint density at radius 3 is 1.56 bits per heavy atom. The zero-order valence-electron chi connectivity index (χ0n) is 8.11. The van der Waals surface area contributed by atoms with Gasteiger partial charge < -0.3 is 9.47 Å². The minimum absolute atomic E-state index is 0.241. The van der Waals surface area contributed by atoms with E-state index in [9.17, 15) is 9.59 Å². The molecule has 0 aliphatic carbocycles.